The number of aromatic nitrogens is 3. The predicted molar refractivity (Wildman–Crippen MR) is 145 cm³/mol. The third kappa shape index (κ3) is 4.98. The minimum atomic E-state index is -0.703. The summed E-state index contributed by atoms with van der Waals surface area (Å²) in [5.41, 5.74) is 6.38. The first-order valence-corrected chi connectivity index (χ1v) is 14.3. The standard InChI is InChI=1S/C28H42N6O5/c1-26(2,3)39-25(35)32-12-6-9-28(11-15-32)10-7-13-33(28)16-19-20-21(38-27(4,5)37-20)24(36-19)34-14-8-18-22(29)30-17-31-23(18)34/h8,14,17,19-21,24H,6-7,9-13,15-16H2,1-5H3,(H2,29,30,31)/t19-,20-,21-,24-,28?/m1/s1. The Hall–Kier alpha value is -2.47. The van der Waals surface area contributed by atoms with Gasteiger partial charge in [-0.15, -0.1) is 0 Å². The molecule has 5 atom stereocenters. The summed E-state index contributed by atoms with van der Waals surface area (Å²) in [6.45, 7) is 12.9. The van der Waals surface area contributed by atoms with Gasteiger partial charge in [-0.3, -0.25) is 4.90 Å². The maximum atomic E-state index is 12.8. The van der Waals surface area contributed by atoms with Crippen LogP contribution in [-0.2, 0) is 18.9 Å². The topological polar surface area (TPSA) is 117 Å². The van der Waals surface area contributed by atoms with Crippen molar-refractivity contribution < 1.29 is 23.7 Å². The van der Waals surface area contributed by atoms with Crippen LogP contribution in [0.25, 0.3) is 11.0 Å². The van der Waals surface area contributed by atoms with E-state index in [4.69, 9.17) is 24.7 Å². The first-order chi connectivity index (χ1) is 18.4. The lowest BCUT2D eigenvalue weighted by Crippen LogP contribution is -2.50. The molecule has 4 fully saturated rings. The van der Waals surface area contributed by atoms with E-state index in [0.29, 0.717) is 12.4 Å². The summed E-state index contributed by atoms with van der Waals surface area (Å²) in [6, 6.07) is 1.93. The number of carbonyl (C=O) groups is 1. The predicted octanol–water partition coefficient (Wildman–Crippen LogP) is 3.69. The van der Waals surface area contributed by atoms with Crippen LogP contribution in [0.1, 0.15) is 73.0 Å². The lowest BCUT2D eigenvalue weighted by atomic mass is 9.87. The molecule has 11 heteroatoms. The van der Waals surface area contributed by atoms with Crippen LogP contribution in [0.4, 0.5) is 10.6 Å². The van der Waals surface area contributed by atoms with E-state index in [1.807, 2.05) is 56.3 Å². The lowest BCUT2D eigenvalue weighted by Gasteiger charge is -2.40. The van der Waals surface area contributed by atoms with Gasteiger partial charge >= 0.3 is 6.09 Å². The Labute approximate surface area is 229 Å². The maximum absolute atomic E-state index is 12.8. The number of nitrogen functional groups attached to an aromatic ring is 1. The Morgan fingerprint density at radius 2 is 1.85 bits per heavy atom. The highest BCUT2D eigenvalue weighted by atomic mass is 16.8. The van der Waals surface area contributed by atoms with Gasteiger partial charge in [0.25, 0.3) is 0 Å². The van der Waals surface area contributed by atoms with Gasteiger partial charge in [0.15, 0.2) is 12.0 Å². The molecule has 0 radical (unpaired) electrons. The van der Waals surface area contributed by atoms with Crippen LogP contribution in [0.2, 0.25) is 0 Å². The second kappa shape index (κ2) is 9.57. The van der Waals surface area contributed by atoms with Crippen molar-refractivity contribution in [3.63, 3.8) is 0 Å². The van der Waals surface area contributed by atoms with Gasteiger partial charge in [-0.2, -0.15) is 0 Å². The molecule has 0 aromatic carbocycles. The largest absolute Gasteiger partial charge is 0.444 e. The molecule has 39 heavy (non-hydrogen) atoms. The van der Waals surface area contributed by atoms with Crippen LogP contribution in [0.5, 0.6) is 0 Å². The fraction of sp³-hybridized carbons (Fsp3) is 0.750. The third-order valence-corrected chi connectivity index (χ3v) is 8.65. The van der Waals surface area contributed by atoms with Crippen molar-refractivity contribution in [1.82, 2.24) is 24.3 Å². The first-order valence-electron chi connectivity index (χ1n) is 14.3. The van der Waals surface area contributed by atoms with Gasteiger partial charge < -0.3 is 34.1 Å². The molecule has 1 unspecified atom stereocenters. The SMILES string of the molecule is CC(C)(C)OC(=O)N1CCCC2(CCCN2C[C@H]2O[C@@H](n3ccc4c(N)ncnc43)[C@@H]3OC(C)(C)O[C@@H]32)CC1. The minimum absolute atomic E-state index is 0.0461. The Bertz CT molecular complexity index is 1230. The van der Waals surface area contributed by atoms with Gasteiger partial charge in [0.05, 0.1) is 5.39 Å². The fourth-order valence-corrected chi connectivity index (χ4v) is 6.98. The molecule has 2 aromatic rings. The summed E-state index contributed by atoms with van der Waals surface area (Å²) in [7, 11) is 0. The number of fused-ring (bicyclic) bond motifs is 2. The summed E-state index contributed by atoms with van der Waals surface area (Å²) in [5.74, 6) is -0.257. The van der Waals surface area contributed by atoms with Crippen molar-refractivity contribution >= 4 is 22.9 Å². The van der Waals surface area contributed by atoms with Crippen molar-refractivity contribution in [1.29, 1.82) is 0 Å². The van der Waals surface area contributed by atoms with E-state index < -0.39 is 11.4 Å². The van der Waals surface area contributed by atoms with Gasteiger partial charge in [0, 0.05) is 31.4 Å². The van der Waals surface area contributed by atoms with Crippen molar-refractivity contribution in [2.75, 3.05) is 31.9 Å². The number of hydrogen-bond donors (Lipinski definition) is 1. The van der Waals surface area contributed by atoms with E-state index >= 15 is 0 Å². The van der Waals surface area contributed by atoms with Gasteiger partial charge in [0.2, 0.25) is 0 Å². The van der Waals surface area contributed by atoms with Crippen LogP contribution in [-0.4, -0.2) is 91.8 Å². The smallest absolute Gasteiger partial charge is 0.410 e. The van der Waals surface area contributed by atoms with E-state index in [2.05, 4.69) is 14.9 Å². The Morgan fingerprint density at radius 3 is 2.62 bits per heavy atom. The van der Waals surface area contributed by atoms with Crippen LogP contribution < -0.4 is 5.73 Å². The Balaban J connectivity index is 1.21. The molecule has 0 saturated carbocycles. The average molecular weight is 543 g/mol. The quantitative estimate of drug-likeness (QED) is 0.620. The van der Waals surface area contributed by atoms with Crippen molar-refractivity contribution in [2.24, 2.45) is 0 Å². The van der Waals surface area contributed by atoms with E-state index in [1.54, 1.807) is 0 Å². The molecule has 6 rings (SSSR count). The summed E-state index contributed by atoms with van der Waals surface area (Å²) < 4.78 is 27.3. The van der Waals surface area contributed by atoms with E-state index in [-0.39, 0.29) is 36.2 Å². The van der Waals surface area contributed by atoms with E-state index in [0.717, 1.165) is 62.8 Å². The molecule has 4 saturated heterocycles. The van der Waals surface area contributed by atoms with Crippen molar-refractivity contribution in [3.8, 4) is 0 Å². The molecular formula is C28H42N6O5. The van der Waals surface area contributed by atoms with Crippen molar-refractivity contribution in [3.05, 3.63) is 18.6 Å². The van der Waals surface area contributed by atoms with Crippen LogP contribution in [0, 0.1) is 0 Å². The number of ether oxygens (including phenoxy) is 4. The molecule has 0 aliphatic carbocycles. The molecule has 2 N–H and O–H groups in total. The average Bonchev–Trinajstić information content (AvgIpc) is 3.55. The highest BCUT2D eigenvalue weighted by molar-refractivity contribution is 5.86. The number of anilines is 1. The Kier molecular flexibility index (Phi) is 6.56. The third-order valence-electron chi connectivity index (χ3n) is 8.65. The second-order valence-electron chi connectivity index (χ2n) is 12.9. The molecule has 214 valence electrons. The lowest BCUT2D eigenvalue weighted by molar-refractivity contribution is -0.198. The number of hydrogen-bond acceptors (Lipinski definition) is 9. The number of rotatable bonds is 3. The van der Waals surface area contributed by atoms with Gasteiger partial charge in [-0.05, 0) is 79.3 Å². The van der Waals surface area contributed by atoms with Gasteiger partial charge in [-0.25, -0.2) is 14.8 Å². The Morgan fingerprint density at radius 1 is 1.10 bits per heavy atom. The summed E-state index contributed by atoms with van der Waals surface area (Å²) >= 11 is 0. The van der Waals surface area contributed by atoms with E-state index in [1.165, 1.54) is 6.33 Å². The van der Waals surface area contributed by atoms with Gasteiger partial charge in [-0.1, -0.05) is 0 Å². The number of likely N-dealkylation sites (tertiary alicyclic amines) is 2. The number of nitrogens with zero attached hydrogens (tertiary/aromatic N) is 5. The number of nitrogens with two attached hydrogens (primary N) is 1. The monoisotopic (exact) mass is 542 g/mol. The molecule has 0 bridgehead atoms. The van der Waals surface area contributed by atoms with Gasteiger partial charge in [0.1, 0.15) is 41.7 Å². The second-order valence-corrected chi connectivity index (χ2v) is 12.9. The van der Waals surface area contributed by atoms with Crippen LogP contribution in [0.3, 0.4) is 0 Å². The zero-order valence-electron chi connectivity index (χ0n) is 23.8. The molecule has 6 heterocycles. The highest BCUT2D eigenvalue weighted by Gasteiger charge is 2.57. The zero-order chi connectivity index (χ0) is 27.6. The summed E-state index contributed by atoms with van der Waals surface area (Å²) in [6.07, 6.45) is 7.39. The molecule has 11 nitrogen and oxygen atoms in total. The molecule has 4 aliphatic rings. The maximum Gasteiger partial charge on any atom is 0.410 e. The normalized spacial score (nSPS) is 33.1. The van der Waals surface area contributed by atoms with Crippen molar-refractivity contribution in [2.45, 2.75) is 108 Å². The van der Waals surface area contributed by atoms with E-state index in [9.17, 15) is 4.79 Å². The molecule has 1 amide bonds. The zero-order valence-corrected chi connectivity index (χ0v) is 23.8. The van der Waals surface area contributed by atoms with Crippen LogP contribution in [0.15, 0.2) is 18.6 Å². The highest BCUT2D eigenvalue weighted by Crippen LogP contribution is 2.46. The fourth-order valence-electron chi connectivity index (χ4n) is 6.98. The summed E-state index contributed by atoms with van der Waals surface area (Å²) in [5, 5.41) is 0.797. The molecule has 4 aliphatic heterocycles. The first kappa shape index (κ1) is 26.7. The molecular weight excluding hydrogens is 500 g/mol. The molecule has 2 aromatic heterocycles. The number of amides is 1. The minimum Gasteiger partial charge on any atom is -0.444 e. The van der Waals surface area contributed by atoms with Crippen LogP contribution >= 0.6 is 0 Å². The summed E-state index contributed by atoms with van der Waals surface area (Å²) in [4.78, 5) is 25.9. The molecule has 1 spiro atoms. The number of carbonyl (C=O) groups excluding carboxylic acids is 1.